The van der Waals surface area contributed by atoms with Gasteiger partial charge >= 0.3 is 16.1 Å². The standard InChI is InChI=1S/C12H10FN5O5S/c13-18-10(21)12(17-24(18,22)23,7-3-1-2-4-8(7)19)16-11-14-6-5-9(20)15-11/h1-6,17,19H,(H2,14,15,16,20). The van der Waals surface area contributed by atoms with Crippen LogP contribution in [0.3, 0.4) is 0 Å². The van der Waals surface area contributed by atoms with Crippen LogP contribution in [0, 0.1) is 0 Å². The molecule has 10 nitrogen and oxygen atoms in total. The number of anilines is 1. The average Bonchev–Trinajstić information content (AvgIpc) is 2.69. The van der Waals surface area contributed by atoms with E-state index in [1.54, 1.807) is 0 Å². The Bertz CT molecular complexity index is 924. The van der Waals surface area contributed by atoms with E-state index in [1.165, 1.54) is 24.3 Å². The number of amides is 1. The molecule has 126 valence electrons. The first kappa shape index (κ1) is 15.9. The van der Waals surface area contributed by atoms with Crippen molar-refractivity contribution in [3.63, 3.8) is 0 Å². The number of benzene rings is 1. The Hall–Kier alpha value is -2.99. The Morgan fingerprint density at radius 2 is 1.96 bits per heavy atom. The molecule has 4 N–H and O–H groups in total. The first-order valence-corrected chi connectivity index (χ1v) is 7.83. The number of halogens is 1. The molecule has 2 aromatic rings. The van der Waals surface area contributed by atoms with Gasteiger partial charge in [-0.3, -0.25) is 4.79 Å². The van der Waals surface area contributed by atoms with Crippen LogP contribution in [-0.4, -0.2) is 39.0 Å². The topological polar surface area (TPSA) is 145 Å². The van der Waals surface area contributed by atoms with Crippen molar-refractivity contribution in [2.45, 2.75) is 5.66 Å². The second-order valence-corrected chi connectivity index (χ2v) is 6.23. The van der Waals surface area contributed by atoms with E-state index in [0.717, 1.165) is 12.3 Å². The number of phenols is 1. The summed E-state index contributed by atoms with van der Waals surface area (Å²) in [4.78, 5) is 19.6. The van der Waals surface area contributed by atoms with Gasteiger partial charge in [-0.2, -0.15) is 18.1 Å². The van der Waals surface area contributed by atoms with Gasteiger partial charge in [0.15, 0.2) is 0 Å². The highest BCUT2D eigenvalue weighted by atomic mass is 32.2. The maximum Gasteiger partial charge on any atom is 0.333 e. The summed E-state index contributed by atoms with van der Waals surface area (Å²) in [6.45, 7) is 0. The number of aromatic nitrogens is 2. The van der Waals surface area contributed by atoms with Crippen molar-refractivity contribution in [1.82, 2.24) is 19.2 Å². The van der Waals surface area contributed by atoms with E-state index in [9.17, 15) is 27.9 Å². The molecule has 0 bridgehead atoms. The van der Waals surface area contributed by atoms with Gasteiger partial charge in [-0.25, -0.2) is 4.98 Å². The Labute approximate surface area is 134 Å². The molecule has 24 heavy (non-hydrogen) atoms. The first-order valence-electron chi connectivity index (χ1n) is 6.39. The largest absolute Gasteiger partial charge is 0.508 e. The number of carbonyl (C=O) groups is 1. The third kappa shape index (κ3) is 2.37. The number of carbonyl (C=O) groups excluding carboxylic acids is 1. The summed E-state index contributed by atoms with van der Waals surface area (Å²) in [7, 11) is -4.80. The minimum atomic E-state index is -4.80. The fraction of sp³-hybridized carbons (Fsp3) is 0.0833. The van der Waals surface area contributed by atoms with E-state index in [0.29, 0.717) is 0 Å². The van der Waals surface area contributed by atoms with Gasteiger partial charge in [-0.05, 0) is 10.6 Å². The Kier molecular flexibility index (Phi) is 3.50. The predicted octanol–water partition coefficient (Wildman–Crippen LogP) is -0.286. The maximum absolute atomic E-state index is 13.8. The lowest BCUT2D eigenvalue weighted by Gasteiger charge is -2.27. The van der Waals surface area contributed by atoms with E-state index in [4.69, 9.17) is 0 Å². The van der Waals surface area contributed by atoms with Crippen molar-refractivity contribution < 1.29 is 27.9 Å². The number of hydrogen-bond donors (Lipinski definition) is 4. The molecule has 0 saturated carbocycles. The monoisotopic (exact) mass is 355 g/mol. The normalized spacial score (nSPS) is 22.5. The molecular weight excluding hydrogens is 345 g/mol. The van der Waals surface area contributed by atoms with Crippen LogP contribution in [0.15, 0.2) is 36.5 Å². The molecule has 12 heteroatoms. The highest BCUT2D eigenvalue weighted by molar-refractivity contribution is 7.88. The lowest BCUT2D eigenvalue weighted by atomic mass is 9.98. The number of rotatable bonds is 3. The second-order valence-electron chi connectivity index (χ2n) is 4.76. The molecule has 1 aliphatic heterocycles. The van der Waals surface area contributed by atoms with E-state index in [1.807, 2.05) is 4.72 Å². The molecular formula is C12H10FN5O5S. The smallest absolute Gasteiger partial charge is 0.333 e. The number of nitrogens with one attached hydrogen (secondary N) is 2. The average molecular weight is 355 g/mol. The molecule has 1 aliphatic rings. The molecule has 1 aromatic carbocycles. The summed E-state index contributed by atoms with van der Waals surface area (Å²) in [5, 5.41) is 21.7. The maximum atomic E-state index is 13.8. The van der Waals surface area contributed by atoms with Gasteiger partial charge in [0, 0.05) is 17.8 Å². The predicted molar refractivity (Wildman–Crippen MR) is 77.1 cm³/mol. The lowest BCUT2D eigenvalue weighted by molar-refractivity contribution is -0.138. The first-order chi connectivity index (χ1) is 11.3. The summed E-state index contributed by atoms with van der Waals surface area (Å²) >= 11 is 0. The van der Waals surface area contributed by atoms with Gasteiger partial charge in [0.25, 0.3) is 0 Å². The van der Waals surface area contributed by atoms with Crippen molar-refractivity contribution in [1.29, 1.82) is 0 Å². The van der Waals surface area contributed by atoms with Crippen LogP contribution in [-0.2, 0) is 20.7 Å². The molecule has 2 heterocycles. The Morgan fingerprint density at radius 3 is 2.54 bits per heavy atom. The number of aromatic hydroxyl groups is 2. The van der Waals surface area contributed by atoms with Crippen molar-refractivity contribution in [3.8, 4) is 11.6 Å². The van der Waals surface area contributed by atoms with Crippen molar-refractivity contribution in [2.24, 2.45) is 0 Å². The van der Waals surface area contributed by atoms with Gasteiger partial charge in [0.2, 0.25) is 17.5 Å². The fourth-order valence-corrected chi connectivity index (χ4v) is 3.27. The van der Waals surface area contributed by atoms with Gasteiger partial charge < -0.3 is 15.5 Å². The summed E-state index contributed by atoms with van der Waals surface area (Å²) in [6.07, 6.45) is 1.13. The van der Waals surface area contributed by atoms with Crippen LogP contribution in [0.25, 0.3) is 0 Å². The van der Waals surface area contributed by atoms with E-state index in [-0.39, 0.29) is 11.5 Å². The molecule has 0 spiro atoms. The van der Waals surface area contributed by atoms with Gasteiger partial charge in [0.1, 0.15) is 5.75 Å². The van der Waals surface area contributed by atoms with Gasteiger partial charge in [0.05, 0.1) is 0 Å². The minimum Gasteiger partial charge on any atom is -0.508 e. The molecule has 0 radical (unpaired) electrons. The lowest BCUT2D eigenvalue weighted by Crippen LogP contribution is -2.51. The number of para-hydroxylation sites is 1. The van der Waals surface area contributed by atoms with Crippen LogP contribution in [0.5, 0.6) is 11.6 Å². The van der Waals surface area contributed by atoms with Crippen LogP contribution in [0.2, 0.25) is 0 Å². The zero-order valence-corrected chi connectivity index (χ0v) is 12.5. The van der Waals surface area contributed by atoms with Gasteiger partial charge in [-0.1, -0.05) is 22.7 Å². The molecule has 3 rings (SSSR count). The SMILES string of the molecule is O=C1N(F)S(=O)(=O)NC1(Nc1nccc(O)n1)c1ccccc1O. The number of phenolic OH excluding ortho intramolecular Hbond substituents is 1. The highest BCUT2D eigenvalue weighted by Gasteiger charge is 2.59. The molecule has 0 aliphatic carbocycles. The molecule has 1 fully saturated rings. The fourth-order valence-electron chi connectivity index (χ4n) is 2.20. The molecule has 1 amide bonds. The van der Waals surface area contributed by atoms with E-state index < -0.39 is 37.9 Å². The van der Waals surface area contributed by atoms with E-state index in [2.05, 4.69) is 15.3 Å². The van der Waals surface area contributed by atoms with E-state index >= 15 is 0 Å². The highest BCUT2D eigenvalue weighted by Crippen LogP contribution is 2.37. The van der Waals surface area contributed by atoms with Crippen LogP contribution in [0.4, 0.5) is 10.4 Å². The summed E-state index contributed by atoms with van der Waals surface area (Å²) < 4.78 is 38.1. The van der Waals surface area contributed by atoms with Crippen molar-refractivity contribution in [3.05, 3.63) is 42.1 Å². The quantitative estimate of drug-likeness (QED) is 0.550. The summed E-state index contributed by atoms with van der Waals surface area (Å²) in [6, 6.07) is 6.37. The Morgan fingerprint density at radius 1 is 1.25 bits per heavy atom. The van der Waals surface area contributed by atoms with Crippen LogP contribution in [0.1, 0.15) is 5.56 Å². The zero-order valence-electron chi connectivity index (χ0n) is 11.7. The van der Waals surface area contributed by atoms with Crippen molar-refractivity contribution in [2.75, 3.05) is 5.32 Å². The summed E-state index contributed by atoms with van der Waals surface area (Å²) in [5.41, 5.74) is -2.70. The second kappa shape index (κ2) is 5.28. The number of hydrogen-bond acceptors (Lipinski definition) is 8. The molecule has 1 saturated heterocycles. The zero-order chi connectivity index (χ0) is 17.5. The molecule has 1 aromatic heterocycles. The molecule has 1 unspecified atom stereocenters. The Balaban J connectivity index is 2.19. The number of nitrogens with zero attached hydrogens (tertiary/aromatic N) is 3. The van der Waals surface area contributed by atoms with Crippen molar-refractivity contribution >= 4 is 22.1 Å². The third-order valence-corrected chi connectivity index (χ3v) is 4.37. The molecule has 1 atom stereocenters. The summed E-state index contributed by atoms with van der Waals surface area (Å²) in [5.74, 6) is -2.87. The van der Waals surface area contributed by atoms with Crippen LogP contribution < -0.4 is 10.0 Å². The van der Waals surface area contributed by atoms with Crippen LogP contribution >= 0.6 is 0 Å². The third-order valence-electron chi connectivity index (χ3n) is 3.22. The minimum absolute atomic E-state index is 0.273. The van der Waals surface area contributed by atoms with Gasteiger partial charge in [-0.15, -0.1) is 0 Å².